The molecule has 2 unspecified atom stereocenters. The molecule has 1 aromatic rings. The molecule has 1 aliphatic rings. The molecule has 1 N–H and O–H groups in total. The number of para-hydroxylation sites is 1. The quantitative estimate of drug-likeness (QED) is 0.859. The van der Waals surface area contributed by atoms with Gasteiger partial charge in [-0.05, 0) is 27.0 Å². The van der Waals surface area contributed by atoms with Crippen LogP contribution >= 0.6 is 0 Å². The van der Waals surface area contributed by atoms with Gasteiger partial charge in [0.1, 0.15) is 7.11 Å². The lowest BCUT2D eigenvalue weighted by Gasteiger charge is -2.29. The summed E-state index contributed by atoms with van der Waals surface area (Å²) in [5.41, 5.74) is 2.18. The molecule has 0 spiro atoms. The number of fused-ring (bicyclic) bond motifs is 1. The molecule has 2 atom stereocenters. The molecule has 6 heteroatoms. The van der Waals surface area contributed by atoms with Crippen LogP contribution in [0, 0.1) is 0 Å². The van der Waals surface area contributed by atoms with Crippen LogP contribution in [0.15, 0.2) is 29.4 Å². The van der Waals surface area contributed by atoms with Gasteiger partial charge in [0.15, 0.2) is 5.78 Å². The maximum absolute atomic E-state index is 12.9. The highest BCUT2D eigenvalue weighted by molar-refractivity contribution is 6.15. The van der Waals surface area contributed by atoms with Crippen LogP contribution < -0.4 is 10.2 Å². The second kappa shape index (κ2) is 9.17. The fraction of sp³-hybridized carbons (Fsp3) is 0.500. The molecule has 6 nitrogen and oxygen atoms in total. The first-order valence-electron chi connectivity index (χ1n) is 8.21. The molecular formula is C18H27N3O3. The Balaban J connectivity index is 0.00000139. The van der Waals surface area contributed by atoms with Gasteiger partial charge < -0.3 is 15.1 Å². The average molecular weight is 333 g/mol. The van der Waals surface area contributed by atoms with Crippen LogP contribution in [-0.2, 0) is 14.4 Å². The predicted octanol–water partition coefficient (Wildman–Crippen LogP) is 2.37. The van der Waals surface area contributed by atoms with E-state index in [2.05, 4.69) is 10.5 Å². The van der Waals surface area contributed by atoms with E-state index < -0.39 is 12.1 Å². The van der Waals surface area contributed by atoms with Crippen molar-refractivity contribution in [3.8, 4) is 0 Å². The van der Waals surface area contributed by atoms with Crippen molar-refractivity contribution >= 4 is 23.1 Å². The highest BCUT2D eigenvalue weighted by Crippen LogP contribution is 2.29. The molecule has 0 saturated heterocycles. The molecule has 1 heterocycles. The van der Waals surface area contributed by atoms with Crippen molar-refractivity contribution in [2.75, 3.05) is 19.1 Å². The van der Waals surface area contributed by atoms with Crippen LogP contribution in [-0.4, -0.2) is 43.6 Å². The molecule has 0 saturated carbocycles. The highest BCUT2D eigenvalue weighted by atomic mass is 16.6. The Hall–Kier alpha value is -2.21. The molecule has 0 aliphatic carbocycles. The van der Waals surface area contributed by atoms with Crippen molar-refractivity contribution < 1.29 is 14.4 Å². The largest absolute Gasteiger partial charge is 0.399 e. The zero-order valence-electron chi connectivity index (χ0n) is 15.3. The summed E-state index contributed by atoms with van der Waals surface area (Å²) in [7, 11) is 3.20. The summed E-state index contributed by atoms with van der Waals surface area (Å²) in [6.07, 6.45) is 0.404. The Morgan fingerprint density at radius 3 is 2.54 bits per heavy atom. The lowest BCUT2D eigenvalue weighted by molar-refractivity contribution is -0.124. The zero-order chi connectivity index (χ0) is 18.3. The van der Waals surface area contributed by atoms with Gasteiger partial charge in [-0.1, -0.05) is 37.2 Å². The van der Waals surface area contributed by atoms with E-state index in [0.29, 0.717) is 17.8 Å². The number of carbonyl (C=O) groups is 2. The third-order valence-electron chi connectivity index (χ3n) is 3.93. The van der Waals surface area contributed by atoms with Crippen LogP contribution in [0.5, 0.6) is 0 Å². The molecule has 1 aromatic carbocycles. The second-order valence-corrected chi connectivity index (χ2v) is 5.28. The van der Waals surface area contributed by atoms with E-state index in [4.69, 9.17) is 4.84 Å². The number of oxime groups is 1. The summed E-state index contributed by atoms with van der Waals surface area (Å²) in [5, 5.41) is 7.07. The Bertz CT molecular complexity index is 613. The number of benzene rings is 1. The Morgan fingerprint density at radius 2 is 2.00 bits per heavy atom. The molecule has 1 amide bonds. The summed E-state index contributed by atoms with van der Waals surface area (Å²) in [6, 6.07) is 6.45. The van der Waals surface area contributed by atoms with E-state index in [1.165, 1.54) is 14.0 Å². The van der Waals surface area contributed by atoms with Crippen molar-refractivity contribution in [2.24, 2.45) is 5.16 Å². The SMILES string of the molecule is CC.CNC1CC(=NOC)c2ccccc2N(C(C)C(C)=O)C1=O. The molecule has 0 fully saturated rings. The summed E-state index contributed by atoms with van der Waals surface area (Å²) in [4.78, 5) is 31.2. The van der Waals surface area contributed by atoms with Gasteiger partial charge in [-0.2, -0.15) is 0 Å². The van der Waals surface area contributed by atoms with Crippen molar-refractivity contribution in [1.82, 2.24) is 5.32 Å². The number of likely N-dealkylation sites (N-methyl/N-ethyl adjacent to an activating group) is 1. The Labute approximate surface area is 143 Å². The number of hydrogen-bond donors (Lipinski definition) is 1. The van der Waals surface area contributed by atoms with Gasteiger partial charge in [-0.3, -0.25) is 9.59 Å². The fourth-order valence-corrected chi connectivity index (χ4v) is 2.61. The maximum atomic E-state index is 12.9. The Kier molecular flexibility index (Phi) is 7.58. The average Bonchev–Trinajstić information content (AvgIpc) is 2.71. The minimum absolute atomic E-state index is 0.0647. The van der Waals surface area contributed by atoms with Gasteiger partial charge in [-0.25, -0.2) is 0 Å². The molecular weight excluding hydrogens is 306 g/mol. The molecule has 24 heavy (non-hydrogen) atoms. The standard InChI is InChI=1S/C16H21N3O3.C2H6/c1-10(11(2)20)19-15-8-6-5-7-12(15)13(18-22-4)9-14(17-3)16(19)21;1-2/h5-8,10,14,17H,9H2,1-4H3;1-2H3. The molecule has 0 radical (unpaired) electrons. The monoisotopic (exact) mass is 333 g/mol. The number of carbonyl (C=O) groups excluding carboxylic acids is 2. The minimum atomic E-state index is -0.536. The molecule has 0 bridgehead atoms. The number of nitrogens with one attached hydrogen (secondary N) is 1. The van der Waals surface area contributed by atoms with E-state index in [-0.39, 0.29) is 11.7 Å². The Morgan fingerprint density at radius 1 is 1.38 bits per heavy atom. The number of nitrogens with zero attached hydrogens (tertiary/aromatic N) is 2. The van der Waals surface area contributed by atoms with Crippen LogP contribution in [0.25, 0.3) is 0 Å². The van der Waals surface area contributed by atoms with Gasteiger partial charge in [0.05, 0.1) is 23.5 Å². The van der Waals surface area contributed by atoms with Gasteiger partial charge in [0.25, 0.3) is 0 Å². The van der Waals surface area contributed by atoms with Crippen molar-refractivity contribution in [1.29, 1.82) is 0 Å². The predicted molar refractivity (Wildman–Crippen MR) is 96.4 cm³/mol. The minimum Gasteiger partial charge on any atom is -0.399 e. The van der Waals surface area contributed by atoms with Crippen molar-refractivity contribution in [2.45, 2.75) is 46.2 Å². The summed E-state index contributed by atoms with van der Waals surface area (Å²) < 4.78 is 0. The number of anilines is 1. The van der Waals surface area contributed by atoms with Crippen LogP contribution in [0.2, 0.25) is 0 Å². The lowest BCUT2D eigenvalue weighted by Crippen LogP contribution is -2.50. The molecule has 0 aromatic heterocycles. The van der Waals surface area contributed by atoms with E-state index in [0.717, 1.165) is 5.56 Å². The molecule has 2 rings (SSSR count). The van der Waals surface area contributed by atoms with Gasteiger partial charge in [-0.15, -0.1) is 0 Å². The van der Waals surface area contributed by atoms with Gasteiger partial charge in [0, 0.05) is 12.0 Å². The lowest BCUT2D eigenvalue weighted by atomic mass is 10.0. The summed E-state index contributed by atoms with van der Waals surface area (Å²) in [6.45, 7) is 7.23. The number of amides is 1. The number of ketones is 1. The van der Waals surface area contributed by atoms with Gasteiger partial charge in [0.2, 0.25) is 5.91 Å². The molecule has 132 valence electrons. The van der Waals surface area contributed by atoms with Crippen LogP contribution in [0.3, 0.4) is 0 Å². The third kappa shape index (κ3) is 4.00. The van der Waals surface area contributed by atoms with E-state index in [9.17, 15) is 9.59 Å². The fourth-order valence-electron chi connectivity index (χ4n) is 2.61. The topological polar surface area (TPSA) is 71.0 Å². The van der Waals surface area contributed by atoms with E-state index in [1.54, 1.807) is 18.9 Å². The molecule has 1 aliphatic heterocycles. The van der Waals surface area contributed by atoms with Gasteiger partial charge >= 0.3 is 0 Å². The van der Waals surface area contributed by atoms with Crippen molar-refractivity contribution in [3.63, 3.8) is 0 Å². The highest BCUT2D eigenvalue weighted by Gasteiger charge is 2.36. The number of Topliss-reactive ketones (excluding diaryl/α,β-unsaturated/α-hetero) is 1. The maximum Gasteiger partial charge on any atom is 0.245 e. The van der Waals surface area contributed by atoms with Crippen molar-refractivity contribution in [3.05, 3.63) is 29.8 Å². The summed E-state index contributed by atoms with van der Waals surface area (Å²) in [5.74, 6) is -0.205. The number of hydrogen-bond acceptors (Lipinski definition) is 5. The number of rotatable bonds is 4. The first-order chi connectivity index (χ1) is 11.5. The van der Waals surface area contributed by atoms with E-state index in [1.807, 2.05) is 38.1 Å². The second-order valence-electron chi connectivity index (χ2n) is 5.28. The van der Waals surface area contributed by atoms with Crippen LogP contribution in [0.1, 0.15) is 39.7 Å². The zero-order valence-corrected chi connectivity index (χ0v) is 15.3. The normalized spacial score (nSPS) is 19.8. The van der Waals surface area contributed by atoms with E-state index >= 15 is 0 Å². The first kappa shape index (κ1) is 19.8. The van der Waals surface area contributed by atoms with Crippen LogP contribution in [0.4, 0.5) is 5.69 Å². The third-order valence-corrected chi connectivity index (χ3v) is 3.93. The summed E-state index contributed by atoms with van der Waals surface area (Å²) >= 11 is 0. The first-order valence-corrected chi connectivity index (χ1v) is 8.21. The smallest absolute Gasteiger partial charge is 0.245 e.